The molecule has 0 radical (unpaired) electrons. The van der Waals surface area contributed by atoms with Crippen LogP contribution in [0.3, 0.4) is 0 Å². The molecular weight excluding hydrogens is 290 g/mol. The summed E-state index contributed by atoms with van der Waals surface area (Å²) in [4.78, 5) is 2.09. The van der Waals surface area contributed by atoms with Gasteiger partial charge in [-0.2, -0.15) is 0 Å². The number of aliphatic hydroxyl groups is 2. The molecule has 3 atom stereocenters. The van der Waals surface area contributed by atoms with Crippen LogP contribution < -0.4 is 0 Å². The minimum absolute atomic E-state index is 0.271. The zero-order valence-electron chi connectivity index (χ0n) is 12.4. The molecule has 0 spiro atoms. The predicted octanol–water partition coefficient (Wildman–Crippen LogP) is 1.92. The minimum atomic E-state index is -0.548. The van der Waals surface area contributed by atoms with E-state index in [-0.39, 0.29) is 12.7 Å². The van der Waals surface area contributed by atoms with E-state index in [2.05, 4.69) is 11.8 Å². The summed E-state index contributed by atoms with van der Waals surface area (Å²) in [6, 6.07) is 7.53. The number of aliphatic hydroxyl groups excluding tert-OH is 2. The van der Waals surface area contributed by atoms with Crippen LogP contribution in [-0.4, -0.2) is 53.6 Å². The lowest BCUT2D eigenvalue weighted by molar-refractivity contribution is -0.0198. The summed E-state index contributed by atoms with van der Waals surface area (Å²) in [6.07, 6.45) is 0.122. The summed E-state index contributed by atoms with van der Waals surface area (Å²) in [5.74, 6) is 0.342. The number of nitrogens with zero attached hydrogens (tertiary/aromatic N) is 1. The fourth-order valence-corrected chi connectivity index (χ4v) is 2.74. The van der Waals surface area contributed by atoms with Crippen molar-refractivity contribution in [3.63, 3.8) is 0 Å². The number of β-amino-alcohol motifs (C(OH)–C–C–N with tert-alkyl or cyclic N) is 2. The quantitative estimate of drug-likeness (QED) is 0.842. The number of ether oxygens (including phenoxy) is 1. The topological polar surface area (TPSA) is 52.9 Å². The Morgan fingerprint density at radius 1 is 1.43 bits per heavy atom. The summed E-state index contributed by atoms with van der Waals surface area (Å²) in [6.45, 7) is 4.81. The highest BCUT2D eigenvalue weighted by Gasteiger charge is 2.25. The Morgan fingerprint density at radius 2 is 2.19 bits per heavy atom. The average Bonchev–Trinajstić information content (AvgIpc) is 2.45. The van der Waals surface area contributed by atoms with Gasteiger partial charge in [0.2, 0.25) is 0 Å². The number of piperidine rings is 1. The van der Waals surface area contributed by atoms with Crippen molar-refractivity contribution in [3.8, 4) is 0 Å². The highest BCUT2D eigenvalue weighted by molar-refractivity contribution is 6.31. The van der Waals surface area contributed by atoms with Crippen LogP contribution in [0.2, 0.25) is 5.02 Å². The normalized spacial score (nSPS) is 25.0. The first-order chi connectivity index (χ1) is 10.1. The van der Waals surface area contributed by atoms with Crippen molar-refractivity contribution in [2.75, 3.05) is 26.2 Å². The molecule has 1 saturated heterocycles. The van der Waals surface area contributed by atoms with Crippen LogP contribution in [0.5, 0.6) is 0 Å². The van der Waals surface area contributed by atoms with Gasteiger partial charge in [0.1, 0.15) is 0 Å². The molecule has 0 aliphatic carbocycles. The third-order valence-corrected chi connectivity index (χ3v) is 4.37. The summed E-state index contributed by atoms with van der Waals surface area (Å²) >= 11 is 6.05. The van der Waals surface area contributed by atoms with Crippen molar-refractivity contribution in [3.05, 3.63) is 34.9 Å². The van der Waals surface area contributed by atoms with E-state index in [1.165, 1.54) is 0 Å². The smallest absolute Gasteiger partial charge is 0.0900 e. The van der Waals surface area contributed by atoms with E-state index in [1.807, 2.05) is 24.3 Å². The van der Waals surface area contributed by atoms with Gasteiger partial charge < -0.3 is 14.9 Å². The van der Waals surface area contributed by atoms with Crippen LogP contribution in [0.4, 0.5) is 0 Å². The summed E-state index contributed by atoms with van der Waals surface area (Å²) in [7, 11) is 0. The monoisotopic (exact) mass is 313 g/mol. The predicted molar refractivity (Wildman–Crippen MR) is 83.3 cm³/mol. The first kappa shape index (κ1) is 16.7. The second-order valence-corrected chi connectivity index (χ2v) is 6.26. The molecule has 1 heterocycles. The van der Waals surface area contributed by atoms with Crippen molar-refractivity contribution in [2.24, 2.45) is 5.92 Å². The van der Waals surface area contributed by atoms with Gasteiger partial charge in [-0.15, -0.1) is 0 Å². The Morgan fingerprint density at radius 3 is 2.90 bits per heavy atom. The van der Waals surface area contributed by atoms with E-state index in [4.69, 9.17) is 16.3 Å². The van der Waals surface area contributed by atoms with Gasteiger partial charge in [0.15, 0.2) is 0 Å². The fraction of sp³-hybridized carbons (Fsp3) is 0.625. The number of halogens is 1. The van der Waals surface area contributed by atoms with E-state index in [0.717, 1.165) is 18.5 Å². The van der Waals surface area contributed by atoms with Gasteiger partial charge in [0.25, 0.3) is 0 Å². The third-order valence-electron chi connectivity index (χ3n) is 4.00. The molecule has 1 aliphatic heterocycles. The van der Waals surface area contributed by atoms with Crippen LogP contribution in [0, 0.1) is 5.92 Å². The third kappa shape index (κ3) is 5.24. The van der Waals surface area contributed by atoms with E-state index < -0.39 is 6.10 Å². The Kier molecular flexibility index (Phi) is 6.45. The molecule has 1 aromatic rings. The van der Waals surface area contributed by atoms with Crippen molar-refractivity contribution in [2.45, 2.75) is 32.2 Å². The van der Waals surface area contributed by atoms with Gasteiger partial charge in [-0.05, 0) is 30.5 Å². The molecule has 0 bridgehead atoms. The molecule has 1 aliphatic rings. The van der Waals surface area contributed by atoms with Gasteiger partial charge >= 0.3 is 0 Å². The zero-order chi connectivity index (χ0) is 15.2. The largest absolute Gasteiger partial charge is 0.392 e. The van der Waals surface area contributed by atoms with Crippen LogP contribution in [0.15, 0.2) is 24.3 Å². The molecule has 0 amide bonds. The lowest BCUT2D eigenvalue weighted by atomic mass is 9.96. The Labute approximate surface area is 131 Å². The van der Waals surface area contributed by atoms with Gasteiger partial charge in [0, 0.05) is 18.1 Å². The number of benzene rings is 1. The molecule has 3 unspecified atom stereocenters. The van der Waals surface area contributed by atoms with Crippen LogP contribution in [-0.2, 0) is 11.3 Å². The molecule has 118 valence electrons. The molecule has 5 heteroatoms. The SMILES string of the molecule is CC1CCN(CC(O)COCc2ccccc2Cl)CC1O. The Bertz CT molecular complexity index is 443. The van der Waals surface area contributed by atoms with E-state index in [1.54, 1.807) is 0 Å². The number of likely N-dealkylation sites (tertiary alicyclic amines) is 1. The molecular formula is C16H24ClNO3. The maximum atomic E-state index is 10.0. The lowest BCUT2D eigenvalue weighted by Gasteiger charge is -2.35. The highest BCUT2D eigenvalue weighted by Crippen LogP contribution is 2.18. The molecule has 2 N–H and O–H groups in total. The zero-order valence-corrected chi connectivity index (χ0v) is 13.2. The second kappa shape index (κ2) is 8.11. The van der Waals surface area contributed by atoms with Crippen molar-refractivity contribution >= 4 is 11.6 Å². The van der Waals surface area contributed by atoms with Crippen molar-refractivity contribution in [1.29, 1.82) is 0 Å². The molecule has 21 heavy (non-hydrogen) atoms. The summed E-state index contributed by atoms with van der Waals surface area (Å²) < 4.78 is 5.53. The maximum absolute atomic E-state index is 10.0. The van der Waals surface area contributed by atoms with Crippen molar-refractivity contribution < 1.29 is 14.9 Å². The van der Waals surface area contributed by atoms with Crippen LogP contribution in [0.25, 0.3) is 0 Å². The Hall–Kier alpha value is -0.650. The molecule has 1 fully saturated rings. The molecule has 0 saturated carbocycles. The first-order valence-electron chi connectivity index (χ1n) is 7.46. The fourth-order valence-electron chi connectivity index (χ4n) is 2.55. The van der Waals surface area contributed by atoms with Gasteiger partial charge in [-0.3, -0.25) is 4.90 Å². The molecule has 0 aromatic heterocycles. The number of hydrogen-bond donors (Lipinski definition) is 2. The molecule has 1 aromatic carbocycles. The highest BCUT2D eigenvalue weighted by atomic mass is 35.5. The van der Waals surface area contributed by atoms with E-state index in [0.29, 0.717) is 30.6 Å². The molecule has 4 nitrogen and oxygen atoms in total. The van der Waals surface area contributed by atoms with Crippen molar-refractivity contribution in [1.82, 2.24) is 4.90 Å². The summed E-state index contributed by atoms with van der Waals surface area (Å²) in [5.41, 5.74) is 0.925. The van der Waals surface area contributed by atoms with Crippen LogP contribution >= 0.6 is 11.6 Å². The number of hydrogen-bond acceptors (Lipinski definition) is 4. The van der Waals surface area contributed by atoms with Gasteiger partial charge in [-0.1, -0.05) is 36.7 Å². The van der Waals surface area contributed by atoms with Gasteiger partial charge in [-0.25, -0.2) is 0 Å². The summed E-state index contributed by atoms with van der Waals surface area (Å²) in [5, 5.41) is 20.5. The second-order valence-electron chi connectivity index (χ2n) is 5.85. The maximum Gasteiger partial charge on any atom is 0.0900 e. The lowest BCUT2D eigenvalue weighted by Crippen LogP contribution is -2.46. The first-order valence-corrected chi connectivity index (χ1v) is 7.83. The number of rotatable bonds is 6. The Balaban J connectivity index is 1.68. The van der Waals surface area contributed by atoms with Gasteiger partial charge in [0.05, 0.1) is 25.4 Å². The van der Waals surface area contributed by atoms with Crippen LogP contribution in [0.1, 0.15) is 18.9 Å². The average molecular weight is 314 g/mol. The standard InChI is InChI=1S/C16H24ClNO3/c1-12-6-7-18(9-16(12)20)8-14(19)11-21-10-13-4-2-3-5-15(13)17/h2-5,12,14,16,19-20H,6-11H2,1H3. The minimum Gasteiger partial charge on any atom is -0.392 e. The molecule has 2 rings (SSSR count). The van der Waals surface area contributed by atoms with E-state index >= 15 is 0 Å². The van der Waals surface area contributed by atoms with E-state index in [9.17, 15) is 10.2 Å².